The molecule has 1 aromatic carbocycles. The van der Waals surface area contributed by atoms with E-state index in [1.54, 1.807) is 0 Å². The van der Waals surface area contributed by atoms with E-state index in [1.165, 1.54) is 6.42 Å². The Morgan fingerprint density at radius 3 is 3.10 bits per heavy atom. The minimum atomic E-state index is 0.147. The van der Waals surface area contributed by atoms with Gasteiger partial charge in [-0.2, -0.15) is 0 Å². The standard InChI is InChI=1S/C14H18BrN3O2/c15-9-4-5-10(14(16)17-19)12(8-9)18-6-7-20-13-3-1-2-11(13)18/h4-5,8,11,13,19H,1-3,6-7H2,(H2,16,17). The van der Waals surface area contributed by atoms with Crippen LogP contribution in [-0.2, 0) is 4.74 Å². The van der Waals surface area contributed by atoms with Gasteiger partial charge in [-0.1, -0.05) is 21.1 Å². The fourth-order valence-corrected chi connectivity index (χ4v) is 3.59. The van der Waals surface area contributed by atoms with Crippen LogP contribution >= 0.6 is 15.9 Å². The summed E-state index contributed by atoms with van der Waals surface area (Å²) in [6.07, 6.45) is 3.75. The van der Waals surface area contributed by atoms with Crippen molar-refractivity contribution in [3.8, 4) is 0 Å². The Balaban J connectivity index is 2.01. The Bertz CT molecular complexity index is 535. The summed E-state index contributed by atoms with van der Waals surface area (Å²) in [5.41, 5.74) is 7.59. The van der Waals surface area contributed by atoms with Crippen LogP contribution in [0.25, 0.3) is 0 Å². The summed E-state index contributed by atoms with van der Waals surface area (Å²) in [5.74, 6) is 0.147. The molecule has 0 bridgehead atoms. The van der Waals surface area contributed by atoms with Crippen LogP contribution in [0.4, 0.5) is 5.69 Å². The average Bonchev–Trinajstić information content (AvgIpc) is 2.94. The molecular weight excluding hydrogens is 322 g/mol. The van der Waals surface area contributed by atoms with E-state index in [9.17, 15) is 0 Å². The number of nitrogens with zero attached hydrogens (tertiary/aromatic N) is 2. The summed E-state index contributed by atoms with van der Waals surface area (Å²) >= 11 is 3.51. The number of amidine groups is 1. The van der Waals surface area contributed by atoms with E-state index in [4.69, 9.17) is 15.7 Å². The lowest BCUT2D eigenvalue weighted by Crippen LogP contribution is -2.49. The number of morpholine rings is 1. The lowest BCUT2D eigenvalue weighted by Gasteiger charge is -2.40. The zero-order valence-corrected chi connectivity index (χ0v) is 12.7. The highest BCUT2D eigenvalue weighted by atomic mass is 79.9. The van der Waals surface area contributed by atoms with E-state index in [0.29, 0.717) is 12.1 Å². The quantitative estimate of drug-likeness (QED) is 0.375. The van der Waals surface area contributed by atoms with Crippen molar-refractivity contribution in [3.05, 3.63) is 28.2 Å². The fraction of sp³-hybridized carbons (Fsp3) is 0.500. The van der Waals surface area contributed by atoms with Crippen LogP contribution < -0.4 is 10.6 Å². The van der Waals surface area contributed by atoms with E-state index < -0.39 is 0 Å². The Hall–Kier alpha value is -1.27. The van der Waals surface area contributed by atoms with Crippen molar-refractivity contribution < 1.29 is 9.94 Å². The summed E-state index contributed by atoms with van der Waals surface area (Å²) in [6, 6.07) is 6.22. The smallest absolute Gasteiger partial charge is 0.172 e. The van der Waals surface area contributed by atoms with Gasteiger partial charge in [-0.25, -0.2) is 0 Å². The third kappa shape index (κ3) is 2.38. The Labute approximate surface area is 126 Å². The molecule has 5 nitrogen and oxygen atoms in total. The van der Waals surface area contributed by atoms with Crippen molar-refractivity contribution in [2.75, 3.05) is 18.1 Å². The maximum Gasteiger partial charge on any atom is 0.172 e. The van der Waals surface area contributed by atoms with Crippen molar-refractivity contribution in [1.82, 2.24) is 0 Å². The highest BCUT2D eigenvalue weighted by Gasteiger charge is 2.37. The summed E-state index contributed by atoms with van der Waals surface area (Å²) in [7, 11) is 0. The maximum atomic E-state index is 8.98. The van der Waals surface area contributed by atoms with Gasteiger partial charge in [0.15, 0.2) is 5.84 Å². The second kappa shape index (κ2) is 5.61. The molecule has 1 aliphatic heterocycles. The van der Waals surface area contributed by atoms with Gasteiger partial charge in [0.2, 0.25) is 0 Å². The molecule has 1 aliphatic carbocycles. The first-order chi connectivity index (χ1) is 9.70. The van der Waals surface area contributed by atoms with Crippen molar-refractivity contribution in [3.63, 3.8) is 0 Å². The minimum Gasteiger partial charge on any atom is -0.409 e. The molecule has 3 N–H and O–H groups in total. The monoisotopic (exact) mass is 339 g/mol. The molecule has 0 aromatic heterocycles. The number of halogens is 1. The number of fused-ring (bicyclic) bond motifs is 1. The van der Waals surface area contributed by atoms with Crippen molar-refractivity contribution in [1.29, 1.82) is 0 Å². The third-order valence-electron chi connectivity index (χ3n) is 4.14. The van der Waals surface area contributed by atoms with Crippen LogP contribution in [-0.4, -0.2) is 36.3 Å². The molecular formula is C14H18BrN3O2. The number of benzene rings is 1. The molecule has 2 unspecified atom stereocenters. The van der Waals surface area contributed by atoms with Crippen LogP contribution in [0.5, 0.6) is 0 Å². The summed E-state index contributed by atoms with van der Waals surface area (Å²) in [6.45, 7) is 1.56. The van der Waals surface area contributed by atoms with Gasteiger partial charge in [0, 0.05) is 22.3 Å². The molecule has 3 rings (SSSR count). The van der Waals surface area contributed by atoms with Crippen molar-refractivity contribution in [2.45, 2.75) is 31.4 Å². The first kappa shape index (κ1) is 13.7. The Morgan fingerprint density at radius 1 is 1.45 bits per heavy atom. The van der Waals surface area contributed by atoms with Gasteiger partial charge in [-0.05, 0) is 37.5 Å². The summed E-state index contributed by atoms with van der Waals surface area (Å²) in [5, 5.41) is 12.1. The van der Waals surface area contributed by atoms with Gasteiger partial charge in [0.1, 0.15) is 0 Å². The zero-order chi connectivity index (χ0) is 14.1. The first-order valence-corrected chi connectivity index (χ1v) is 7.65. The van der Waals surface area contributed by atoms with Crippen LogP contribution in [0.3, 0.4) is 0 Å². The molecule has 1 saturated heterocycles. The number of rotatable bonds is 2. The molecule has 1 heterocycles. The molecule has 0 radical (unpaired) electrons. The number of nitrogens with two attached hydrogens (primary N) is 1. The normalized spacial score (nSPS) is 26.6. The average molecular weight is 340 g/mol. The minimum absolute atomic E-state index is 0.147. The number of oxime groups is 1. The fourth-order valence-electron chi connectivity index (χ4n) is 3.24. The second-order valence-corrected chi connectivity index (χ2v) is 6.16. The van der Waals surface area contributed by atoms with E-state index in [2.05, 4.69) is 26.0 Å². The number of hydrogen-bond donors (Lipinski definition) is 2. The van der Waals surface area contributed by atoms with Crippen molar-refractivity contribution in [2.24, 2.45) is 10.9 Å². The molecule has 2 atom stereocenters. The molecule has 20 heavy (non-hydrogen) atoms. The van der Waals surface area contributed by atoms with Gasteiger partial charge in [0.05, 0.1) is 18.8 Å². The molecule has 2 aliphatic rings. The predicted molar refractivity (Wildman–Crippen MR) is 81.4 cm³/mol. The summed E-state index contributed by atoms with van der Waals surface area (Å²) in [4.78, 5) is 2.35. The number of anilines is 1. The van der Waals surface area contributed by atoms with Gasteiger partial charge < -0.3 is 20.6 Å². The van der Waals surface area contributed by atoms with Gasteiger partial charge in [0.25, 0.3) is 0 Å². The molecule has 6 heteroatoms. The highest BCUT2D eigenvalue weighted by molar-refractivity contribution is 9.10. The summed E-state index contributed by atoms with van der Waals surface area (Å²) < 4.78 is 6.84. The lowest BCUT2D eigenvalue weighted by molar-refractivity contribution is 0.0256. The van der Waals surface area contributed by atoms with Gasteiger partial charge in [-0.15, -0.1) is 0 Å². The molecule has 1 saturated carbocycles. The molecule has 0 spiro atoms. The van der Waals surface area contributed by atoms with Gasteiger partial charge in [-0.3, -0.25) is 0 Å². The molecule has 2 fully saturated rings. The van der Waals surface area contributed by atoms with Crippen LogP contribution in [0.15, 0.2) is 27.8 Å². The van der Waals surface area contributed by atoms with Crippen LogP contribution in [0.1, 0.15) is 24.8 Å². The number of hydrogen-bond acceptors (Lipinski definition) is 4. The zero-order valence-electron chi connectivity index (χ0n) is 11.1. The van der Waals surface area contributed by atoms with Crippen LogP contribution in [0.2, 0.25) is 0 Å². The first-order valence-electron chi connectivity index (χ1n) is 6.86. The van der Waals surface area contributed by atoms with Gasteiger partial charge >= 0.3 is 0 Å². The largest absolute Gasteiger partial charge is 0.409 e. The number of ether oxygens (including phenoxy) is 1. The van der Waals surface area contributed by atoms with E-state index >= 15 is 0 Å². The maximum absolute atomic E-state index is 8.98. The molecule has 0 amide bonds. The molecule has 1 aromatic rings. The van der Waals surface area contributed by atoms with Crippen molar-refractivity contribution >= 4 is 27.5 Å². The topological polar surface area (TPSA) is 71.1 Å². The van der Waals surface area contributed by atoms with E-state index in [-0.39, 0.29) is 5.84 Å². The predicted octanol–water partition coefficient (Wildman–Crippen LogP) is 2.30. The SMILES string of the molecule is N/C(=N/O)c1ccc(Br)cc1N1CCOC2CCCC21. The second-order valence-electron chi connectivity index (χ2n) is 5.25. The van der Waals surface area contributed by atoms with Crippen LogP contribution in [0, 0.1) is 0 Å². The highest BCUT2D eigenvalue weighted by Crippen LogP contribution is 2.35. The van der Waals surface area contributed by atoms with E-state index in [0.717, 1.165) is 41.7 Å². The van der Waals surface area contributed by atoms with E-state index in [1.807, 2.05) is 18.2 Å². The Kier molecular flexibility index (Phi) is 3.85. The molecule has 108 valence electrons. The lowest BCUT2D eigenvalue weighted by atomic mass is 10.1. The third-order valence-corrected chi connectivity index (χ3v) is 4.63. The Morgan fingerprint density at radius 2 is 2.30 bits per heavy atom.